The molecule has 1 rings (SSSR count). The van der Waals surface area contributed by atoms with E-state index in [0.29, 0.717) is 0 Å². The number of rotatable bonds is 6. The Kier molecular flexibility index (Phi) is 6.26. The van der Waals surface area contributed by atoms with E-state index in [4.69, 9.17) is 0 Å². The first kappa shape index (κ1) is 13.0. The van der Waals surface area contributed by atoms with Gasteiger partial charge in [0.25, 0.3) is 0 Å². The average Bonchev–Trinajstić information content (AvgIpc) is 2.31. The fraction of sp³-hybridized carbons (Fsp3) is 1.00. The summed E-state index contributed by atoms with van der Waals surface area (Å²) in [7, 11) is 2.32. The van der Waals surface area contributed by atoms with Crippen LogP contribution in [0.1, 0.15) is 52.4 Å². The van der Waals surface area contributed by atoms with Crippen molar-refractivity contribution >= 4 is 0 Å². The van der Waals surface area contributed by atoms with Crippen molar-refractivity contribution in [2.75, 3.05) is 20.1 Å². The molecule has 90 valence electrons. The van der Waals surface area contributed by atoms with E-state index in [1.165, 1.54) is 38.5 Å². The van der Waals surface area contributed by atoms with Crippen molar-refractivity contribution in [3.63, 3.8) is 0 Å². The molecule has 2 heteroatoms. The van der Waals surface area contributed by atoms with Gasteiger partial charge in [0.05, 0.1) is 0 Å². The second-order valence-electron chi connectivity index (χ2n) is 4.83. The molecule has 1 saturated carbocycles. The quantitative estimate of drug-likeness (QED) is 0.728. The molecule has 0 aliphatic heterocycles. The van der Waals surface area contributed by atoms with Gasteiger partial charge in [-0.15, -0.1) is 0 Å². The second-order valence-corrected chi connectivity index (χ2v) is 4.83. The summed E-state index contributed by atoms with van der Waals surface area (Å²) in [6.07, 6.45) is 8.42. The van der Waals surface area contributed by atoms with E-state index in [9.17, 15) is 0 Å². The molecule has 0 heterocycles. The van der Waals surface area contributed by atoms with Crippen molar-refractivity contribution < 1.29 is 0 Å². The molecule has 2 nitrogen and oxygen atoms in total. The lowest BCUT2D eigenvalue weighted by molar-refractivity contribution is 0.132. The van der Waals surface area contributed by atoms with Crippen molar-refractivity contribution in [3.8, 4) is 0 Å². The molecule has 0 aromatic rings. The Morgan fingerprint density at radius 3 is 2.40 bits per heavy atom. The predicted molar refractivity (Wildman–Crippen MR) is 67.3 cm³/mol. The number of likely N-dealkylation sites (N-methyl/N-ethyl adjacent to an activating group) is 2. The minimum atomic E-state index is 0.730. The van der Waals surface area contributed by atoms with Gasteiger partial charge in [0.15, 0.2) is 0 Å². The van der Waals surface area contributed by atoms with Crippen molar-refractivity contribution in [2.24, 2.45) is 0 Å². The van der Waals surface area contributed by atoms with Crippen LogP contribution in [-0.2, 0) is 0 Å². The SMILES string of the molecule is CCNCC(CC)N(C)C1CCCCC1. The van der Waals surface area contributed by atoms with E-state index in [1.807, 2.05) is 0 Å². The zero-order chi connectivity index (χ0) is 11.1. The van der Waals surface area contributed by atoms with Gasteiger partial charge in [-0.25, -0.2) is 0 Å². The molecule has 0 spiro atoms. The molecule has 0 saturated heterocycles. The van der Waals surface area contributed by atoms with Crippen LogP contribution in [-0.4, -0.2) is 37.1 Å². The molecule has 0 aromatic heterocycles. The third kappa shape index (κ3) is 4.12. The Bertz CT molecular complexity index is 153. The molecule has 0 amide bonds. The zero-order valence-electron chi connectivity index (χ0n) is 10.8. The third-order valence-corrected chi connectivity index (χ3v) is 3.83. The summed E-state index contributed by atoms with van der Waals surface area (Å²) >= 11 is 0. The molecule has 1 aliphatic rings. The highest BCUT2D eigenvalue weighted by atomic mass is 15.2. The summed E-state index contributed by atoms with van der Waals surface area (Å²) in [5.41, 5.74) is 0. The molecular formula is C13H28N2. The summed E-state index contributed by atoms with van der Waals surface area (Å²) in [5, 5.41) is 3.48. The molecule has 1 fully saturated rings. The highest BCUT2D eigenvalue weighted by molar-refractivity contribution is 4.79. The van der Waals surface area contributed by atoms with Gasteiger partial charge >= 0.3 is 0 Å². The van der Waals surface area contributed by atoms with Crippen molar-refractivity contribution in [2.45, 2.75) is 64.5 Å². The van der Waals surface area contributed by atoms with Crippen LogP contribution >= 0.6 is 0 Å². The molecule has 0 bridgehead atoms. The number of nitrogens with one attached hydrogen (secondary N) is 1. The molecule has 15 heavy (non-hydrogen) atoms. The molecule has 1 atom stereocenters. The lowest BCUT2D eigenvalue weighted by Crippen LogP contribution is -2.45. The van der Waals surface area contributed by atoms with E-state index in [2.05, 4.69) is 31.1 Å². The van der Waals surface area contributed by atoms with E-state index >= 15 is 0 Å². The normalized spacial score (nSPS) is 20.8. The summed E-state index contributed by atoms with van der Waals surface area (Å²) in [5.74, 6) is 0. The smallest absolute Gasteiger partial charge is 0.0217 e. The van der Waals surface area contributed by atoms with Crippen LogP contribution in [0, 0.1) is 0 Å². The molecular weight excluding hydrogens is 184 g/mol. The van der Waals surface area contributed by atoms with Crippen LogP contribution in [0.15, 0.2) is 0 Å². The van der Waals surface area contributed by atoms with Gasteiger partial charge in [-0.2, -0.15) is 0 Å². The first-order valence-electron chi connectivity index (χ1n) is 6.72. The predicted octanol–water partition coefficient (Wildman–Crippen LogP) is 2.64. The van der Waals surface area contributed by atoms with Crippen LogP contribution in [0.4, 0.5) is 0 Å². The Labute approximate surface area is 95.4 Å². The summed E-state index contributed by atoms with van der Waals surface area (Å²) in [4.78, 5) is 2.63. The van der Waals surface area contributed by atoms with Gasteiger partial charge in [-0.3, -0.25) is 4.90 Å². The van der Waals surface area contributed by atoms with E-state index in [1.54, 1.807) is 0 Å². The fourth-order valence-corrected chi connectivity index (χ4v) is 2.67. The van der Waals surface area contributed by atoms with Gasteiger partial charge in [0.2, 0.25) is 0 Å². The third-order valence-electron chi connectivity index (χ3n) is 3.83. The Hall–Kier alpha value is -0.0800. The van der Waals surface area contributed by atoms with Crippen molar-refractivity contribution in [1.29, 1.82) is 0 Å². The topological polar surface area (TPSA) is 15.3 Å². The summed E-state index contributed by atoms with van der Waals surface area (Å²) in [6.45, 7) is 6.74. The number of hydrogen-bond donors (Lipinski definition) is 1. The van der Waals surface area contributed by atoms with Gasteiger partial charge in [0, 0.05) is 18.6 Å². The van der Waals surface area contributed by atoms with Gasteiger partial charge in [0.1, 0.15) is 0 Å². The van der Waals surface area contributed by atoms with E-state index < -0.39 is 0 Å². The number of hydrogen-bond acceptors (Lipinski definition) is 2. The van der Waals surface area contributed by atoms with Gasteiger partial charge < -0.3 is 5.32 Å². The molecule has 0 aromatic carbocycles. The first-order chi connectivity index (χ1) is 7.29. The van der Waals surface area contributed by atoms with Gasteiger partial charge in [-0.1, -0.05) is 33.1 Å². The Morgan fingerprint density at radius 2 is 1.87 bits per heavy atom. The molecule has 1 unspecified atom stereocenters. The standard InChI is InChI=1S/C13H28N2/c1-4-12(11-14-5-2)15(3)13-9-7-6-8-10-13/h12-14H,4-11H2,1-3H3. The lowest BCUT2D eigenvalue weighted by atomic mass is 9.93. The van der Waals surface area contributed by atoms with Crippen LogP contribution in [0.3, 0.4) is 0 Å². The first-order valence-corrected chi connectivity index (χ1v) is 6.72. The Balaban J connectivity index is 2.36. The van der Waals surface area contributed by atoms with Crippen LogP contribution in [0.25, 0.3) is 0 Å². The van der Waals surface area contributed by atoms with E-state index in [-0.39, 0.29) is 0 Å². The molecule has 1 N–H and O–H groups in total. The summed E-state index contributed by atoms with van der Waals surface area (Å²) in [6, 6.07) is 1.58. The van der Waals surface area contributed by atoms with Crippen LogP contribution < -0.4 is 5.32 Å². The minimum absolute atomic E-state index is 0.730. The Morgan fingerprint density at radius 1 is 1.20 bits per heavy atom. The van der Waals surface area contributed by atoms with Crippen LogP contribution in [0.5, 0.6) is 0 Å². The maximum Gasteiger partial charge on any atom is 0.0217 e. The largest absolute Gasteiger partial charge is 0.315 e. The van der Waals surface area contributed by atoms with Crippen molar-refractivity contribution in [3.05, 3.63) is 0 Å². The molecule has 1 aliphatic carbocycles. The lowest BCUT2D eigenvalue weighted by Gasteiger charge is -2.37. The van der Waals surface area contributed by atoms with Crippen LogP contribution in [0.2, 0.25) is 0 Å². The van der Waals surface area contributed by atoms with E-state index in [0.717, 1.165) is 25.2 Å². The number of nitrogens with zero attached hydrogens (tertiary/aromatic N) is 1. The monoisotopic (exact) mass is 212 g/mol. The van der Waals surface area contributed by atoms with Crippen molar-refractivity contribution in [1.82, 2.24) is 10.2 Å². The second kappa shape index (κ2) is 7.24. The zero-order valence-corrected chi connectivity index (χ0v) is 10.8. The maximum absolute atomic E-state index is 3.48. The highest BCUT2D eigenvalue weighted by Gasteiger charge is 2.22. The summed E-state index contributed by atoms with van der Waals surface area (Å²) < 4.78 is 0. The fourth-order valence-electron chi connectivity index (χ4n) is 2.67. The minimum Gasteiger partial charge on any atom is -0.315 e. The maximum atomic E-state index is 3.48. The molecule has 0 radical (unpaired) electrons. The highest BCUT2D eigenvalue weighted by Crippen LogP contribution is 2.23. The average molecular weight is 212 g/mol. The van der Waals surface area contributed by atoms with Gasteiger partial charge in [-0.05, 0) is 32.9 Å².